The summed E-state index contributed by atoms with van der Waals surface area (Å²) in [5.41, 5.74) is 0. The number of epoxide rings is 6. The molecule has 6 heterocycles. The van der Waals surface area contributed by atoms with E-state index < -0.39 is 24.0 Å². The van der Waals surface area contributed by atoms with Crippen LogP contribution in [-0.4, -0.2) is 110 Å². The maximum absolute atomic E-state index is 12.8. The third-order valence-electron chi connectivity index (χ3n) is 11.1. The Morgan fingerprint density at radius 1 is 0.392 bits per heavy atom. The third kappa shape index (κ3) is 13.5. The summed E-state index contributed by atoms with van der Waals surface area (Å²) in [6.07, 6.45) is 16.9. The van der Waals surface area contributed by atoms with E-state index in [-0.39, 0.29) is 69.1 Å². The van der Waals surface area contributed by atoms with Gasteiger partial charge < -0.3 is 42.6 Å². The van der Waals surface area contributed by atoms with Crippen molar-refractivity contribution in [3.8, 4) is 0 Å². The first-order chi connectivity index (χ1) is 24.8. The van der Waals surface area contributed by atoms with Crippen LogP contribution in [-0.2, 0) is 57.0 Å². The Hall–Kier alpha value is -1.83. The molecule has 0 radical (unpaired) electrons. The lowest BCUT2D eigenvalue weighted by Gasteiger charge is -2.18. The van der Waals surface area contributed by atoms with E-state index in [4.69, 9.17) is 42.6 Å². The number of hydrogen-bond donors (Lipinski definition) is 0. The maximum atomic E-state index is 12.8. The molecule has 290 valence electrons. The highest BCUT2D eigenvalue weighted by molar-refractivity contribution is 5.71. The van der Waals surface area contributed by atoms with Crippen molar-refractivity contribution in [2.24, 2.45) is 0 Å². The molecule has 51 heavy (non-hydrogen) atoms. The molecule has 0 aromatic carbocycles. The van der Waals surface area contributed by atoms with E-state index in [0.29, 0.717) is 55.9 Å². The van der Waals surface area contributed by atoms with Crippen LogP contribution in [0.25, 0.3) is 0 Å². The van der Waals surface area contributed by atoms with Gasteiger partial charge in [-0.15, -0.1) is 0 Å². The molecular formula is C39H62O12. The Morgan fingerprint density at radius 3 is 0.941 bits per heavy atom. The molecule has 0 bridgehead atoms. The predicted octanol–water partition coefficient (Wildman–Crippen LogP) is 5.67. The molecule has 6 aliphatic rings. The first kappa shape index (κ1) is 38.9. The van der Waals surface area contributed by atoms with Gasteiger partial charge in [0.05, 0.1) is 73.2 Å². The number of hydrogen-bond acceptors (Lipinski definition) is 12. The van der Waals surface area contributed by atoms with Crippen LogP contribution < -0.4 is 0 Å². The Balaban J connectivity index is 0.849. The molecule has 6 rings (SSSR count). The minimum absolute atomic E-state index is 0.0427. The van der Waals surface area contributed by atoms with Crippen LogP contribution in [0.15, 0.2) is 0 Å². The maximum Gasteiger partial charge on any atom is 0.306 e. The minimum Gasteiger partial charge on any atom is -0.462 e. The number of carbonyl (C=O) groups excluding carboxylic acids is 3. The second-order valence-electron chi connectivity index (χ2n) is 15.5. The average molecular weight is 723 g/mol. The van der Waals surface area contributed by atoms with Crippen molar-refractivity contribution >= 4 is 17.9 Å². The minimum atomic E-state index is -0.886. The van der Waals surface area contributed by atoms with E-state index in [1.165, 1.54) is 0 Å². The Labute approximate surface area is 303 Å². The summed E-state index contributed by atoms with van der Waals surface area (Å²) < 4.78 is 51.0. The quantitative estimate of drug-likeness (QED) is 0.0531. The van der Waals surface area contributed by atoms with Gasteiger partial charge in [-0.05, 0) is 77.0 Å². The van der Waals surface area contributed by atoms with Crippen LogP contribution in [0.3, 0.4) is 0 Å². The van der Waals surface area contributed by atoms with Crippen LogP contribution in [0.5, 0.6) is 0 Å². The number of esters is 3. The standard InChI is InChI=1S/C39H62O12/c1-4-7-25-28(46-25)10-13-31-34(49-31)16-19-37(40)43-22-24(45-39(42)21-18-36-33(51-36)15-12-30-27(48-30)9-6-3)23-44-38(41)20-17-35-32(50-35)14-11-29-26(47-29)8-5-2/h24-36H,4-23H2,1-3H3. The lowest BCUT2D eigenvalue weighted by Crippen LogP contribution is -2.31. The molecule has 12 unspecified atom stereocenters. The van der Waals surface area contributed by atoms with Crippen molar-refractivity contribution in [1.29, 1.82) is 0 Å². The van der Waals surface area contributed by atoms with Gasteiger partial charge in [-0.25, -0.2) is 0 Å². The van der Waals surface area contributed by atoms with Gasteiger partial charge in [0.25, 0.3) is 0 Å². The first-order valence-electron chi connectivity index (χ1n) is 20.3. The highest BCUT2D eigenvalue weighted by Crippen LogP contribution is 2.38. The zero-order valence-electron chi connectivity index (χ0n) is 31.0. The lowest BCUT2D eigenvalue weighted by atomic mass is 10.1. The van der Waals surface area contributed by atoms with Gasteiger partial charge >= 0.3 is 17.9 Å². The Kier molecular flexibility index (Phi) is 14.5. The highest BCUT2D eigenvalue weighted by atomic mass is 16.6. The molecule has 0 spiro atoms. The zero-order valence-corrected chi connectivity index (χ0v) is 31.0. The fourth-order valence-electron chi connectivity index (χ4n) is 7.62. The fourth-order valence-corrected chi connectivity index (χ4v) is 7.62. The molecule has 6 saturated heterocycles. The Bertz CT molecular complexity index is 1080. The summed E-state index contributed by atoms with van der Waals surface area (Å²) in [5.74, 6) is -1.22. The molecule has 0 saturated carbocycles. The molecule has 6 fully saturated rings. The molecule has 0 aliphatic carbocycles. The molecule has 12 nitrogen and oxygen atoms in total. The van der Waals surface area contributed by atoms with Crippen molar-refractivity contribution in [1.82, 2.24) is 0 Å². The van der Waals surface area contributed by atoms with Crippen LogP contribution in [0.2, 0.25) is 0 Å². The predicted molar refractivity (Wildman–Crippen MR) is 184 cm³/mol. The van der Waals surface area contributed by atoms with Crippen molar-refractivity contribution in [2.45, 2.75) is 216 Å². The van der Waals surface area contributed by atoms with E-state index in [2.05, 4.69) is 20.8 Å². The SMILES string of the molecule is CCCC1OC1CCC1OC1CCC(=O)OCC(COC(=O)CCC1OC1CCC1OC1CCC)OC(=O)CCC1OC1CCC1OC1CCC. The monoisotopic (exact) mass is 722 g/mol. The van der Waals surface area contributed by atoms with Crippen molar-refractivity contribution in [3.05, 3.63) is 0 Å². The molecule has 0 aromatic heterocycles. The van der Waals surface area contributed by atoms with Gasteiger partial charge in [0.15, 0.2) is 6.10 Å². The summed E-state index contributed by atoms with van der Waals surface area (Å²) in [4.78, 5) is 38.0. The number of carbonyl (C=O) groups is 3. The van der Waals surface area contributed by atoms with E-state index in [0.717, 1.165) is 77.0 Å². The summed E-state index contributed by atoms with van der Waals surface area (Å²) in [7, 11) is 0. The molecule has 0 N–H and O–H groups in total. The van der Waals surface area contributed by atoms with Crippen molar-refractivity contribution in [2.75, 3.05) is 13.2 Å². The number of ether oxygens (including phenoxy) is 9. The largest absolute Gasteiger partial charge is 0.462 e. The van der Waals surface area contributed by atoms with E-state index in [1.807, 2.05) is 0 Å². The summed E-state index contributed by atoms with van der Waals surface area (Å²) in [5, 5.41) is 0. The molecular weight excluding hydrogens is 660 g/mol. The van der Waals surface area contributed by atoms with Gasteiger partial charge in [-0.1, -0.05) is 40.0 Å². The normalized spacial score (nSPS) is 35.8. The molecule has 12 atom stereocenters. The summed E-state index contributed by atoms with van der Waals surface area (Å²) in [6, 6.07) is 0. The highest BCUT2D eigenvalue weighted by Gasteiger charge is 2.45. The van der Waals surface area contributed by atoms with Gasteiger partial charge in [0, 0.05) is 19.3 Å². The topological polar surface area (TPSA) is 154 Å². The third-order valence-corrected chi connectivity index (χ3v) is 11.1. The number of rotatable bonds is 29. The average Bonchev–Trinajstić information content (AvgIpc) is 3.89. The molecule has 6 aliphatic heterocycles. The van der Waals surface area contributed by atoms with Crippen molar-refractivity contribution < 1.29 is 57.0 Å². The second-order valence-corrected chi connectivity index (χ2v) is 15.5. The summed E-state index contributed by atoms with van der Waals surface area (Å²) in [6.45, 7) is 6.15. The molecule has 12 heteroatoms. The van der Waals surface area contributed by atoms with E-state index >= 15 is 0 Å². The van der Waals surface area contributed by atoms with Gasteiger partial charge in [-0.2, -0.15) is 0 Å². The van der Waals surface area contributed by atoms with Gasteiger partial charge in [0.1, 0.15) is 13.2 Å². The van der Waals surface area contributed by atoms with Crippen LogP contribution in [0.4, 0.5) is 0 Å². The molecule has 0 amide bonds. The lowest BCUT2D eigenvalue weighted by molar-refractivity contribution is -0.167. The first-order valence-corrected chi connectivity index (χ1v) is 20.3. The Morgan fingerprint density at radius 2 is 0.647 bits per heavy atom. The van der Waals surface area contributed by atoms with E-state index in [9.17, 15) is 14.4 Å². The zero-order chi connectivity index (χ0) is 35.7. The van der Waals surface area contributed by atoms with Crippen LogP contribution in [0, 0.1) is 0 Å². The van der Waals surface area contributed by atoms with Gasteiger partial charge in [0.2, 0.25) is 0 Å². The smallest absolute Gasteiger partial charge is 0.306 e. The van der Waals surface area contributed by atoms with Crippen molar-refractivity contribution in [3.63, 3.8) is 0 Å². The fraction of sp³-hybridized carbons (Fsp3) is 0.923. The van der Waals surface area contributed by atoms with Crippen LogP contribution >= 0.6 is 0 Å². The second kappa shape index (κ2) is 19.0. The van der Waals surface area contributed by atoms with E-state index in [1.54, 1.807) is 0 Å². The van der Waals surface area contributed by atoms with Gasteiger partial charge in [-0.3, -0.25) is 14.4 Å². The summed E-state index contributed by atoms with van der Waals surface area (Å²) >= 11 is 0. The van der Waals surface area contributed by atoms with Crippen LogP contribution in [0.1, 0.15) is 136 Å². The molecule has 0 aromatic rings.